The molecular weight excluding hydrogens is 396 g/mol. The molecule has 2 amide bonds. The summed E-state index contributed by atoms with van der Waals surface area (Å²) < 4.78 is 5.42. The molecule has 2 aliphatic rings. The van der Waals surface area contributed by atoms with E-state index in [-0.39, 0.29) is 17.2 Å². The zero-order valence-corrected chi connectivity index (χ0v) is 17.3. The Morgan fingerprint density at radius 1 is 1.03 bits per heavy atom. The Labute approximate surface area is 179 Å². The van der Waals surface area contributed by atoms with E-state index in [9.17, 15) is 9.59 Å². The van der Waals surface area contributed by atoms with Crippen molar-refractivity contribution in [2.45, 2.75) is 24.9 Å². The normalized spacial score (nSPS) is 18.5. The zero-order valence-electron chi connectivity index (χ0n) is 16.5. The maximum absolute atomic E-state index is 13.0. The average molecular weight is 419 g/mol. The van der Waals surface area contributed by atoms with Gasteiger partial charge in [-0.25, -0.2) is 0 Å². The van der Waals surface area contributed by atoms with Crippen LogP contribution in [-0.4, -0.2) is 33.9 Å². The van der Waals surface area contributed by atoms with E-state index >= 15 is 0 Å². The first kappa shape index (κ1) is 19.0. The minimum Gasteiger partial charge on any atom is -0.467 e. The Balaban J connectivity index is 1.30. The number of hydrogen-bond acceptors (Lipinski definition) is 4. The fraction of sp³-hybridized carbons (Fsp3) is 0.250. The molecule has 1 atom stereocenters. The van der Waals surface area contributed by atoms with E-state index in [1.165, 1.54) is 11.1 Å². The number of benzene rings is 2. The molecule has 5 rings (SSSR count). The largest absolute Gasteiger partial charge is 0.467 e. The third kappa shape index (κ3) is 3.63. The van der Waals surface area contributed by atoms with Crippen molar-refractivity contribution >= 4 is 23.6 Å². The van der Waals surface area contributed by atoms with Crippen LogP contribution < -0.4 is 0 Å². The van der Waals surface area contributed by atoms with Gasteiger partial charge in [-0.2, -0.15) is 0 Å². The molecule has 2 aliphatic heterocycles. The molecule has 6 heteroatoms. The van der Waals surface area contributed by atoms with Crippen LogP contribution in [0.25, 0.3) is 0 Å². The van der Waals surface area contributed by atoms with Crippen molar-refractivity contribution in [2.75, 3.05) is 12.3 Å². The molecule has 3 heterocycles. The first-order valence-corrected chi connectivity index (χ1v) is 11.1. The Morgan fingerprint density at radius 2 is 1.83 bits per heavy atom. The third-order valence-corrected chi connectivity index (χ3v) is 6.99. The topological polar surface area (TPSA) is 53.8 Å². The number of furan rings is 1. The Kier molecular flexibility index (Phi) is 5.09. The molecule has 1 fully saturated rings. The molecule has 0 saturated carbocycles. The van der Waals surface area contributed by atoms with Gasteiger partial charge in [0.05, 0.1) is 18.6 Å². The van der Waals surface area contributed by atoms with E-state index in [2.05, 4.69) is 18.2 Å². The van der Waals surface area contributed by atoms with Crippen LogP contribution in [-0.2, 0) is 24.3 Å². The molecule has 0 radical (unpaired) electrons. The number of amides is 2. The first-order chi connectivity index (χ1) is 14.7. The minimum atomic E-state index is -0.0615. The van der Waals surface area contributed by atoms with Gasteiger partial charge in [0.15, 0.2) is 0 Å². The van der Waals surface area contributed by atoms with Crippen LogP contribution in [0.15, 0.2) is 71.3 Å². The summed E-state index contributed by atoms with van der Waals surface area (Å²) in [7, 11) is 0. The summed E-state index contributed by atoms with van der Waals surface area (Å²) in [6, 6.07) is 19.7. The van der Waals surface area contributed by atoms with Crippen molar-refractivity contribution in [1.29, 1.82) is 0 Å². The lowest BCUT2D eigenvalue weighted by Gasteiger charge is -2.29. The van der Waals surface area contributed by atoms with Crippen LogP contribution in [0.4, 0.5) is 0 Å². The molecule has 0 unspecified atom stereocenters. The Bertz CT molecular complexity index is 1060. The second-order valence-corrected chi connectivity index (χ2v) is 8.70. The molecule has 30 heavy (non-hydrogen) atoms. The predicted molar refractivity (Wildman–Crippen MR) is 116 cm³/mol. The fourth-order valence-corrected chi connectivity index (χ4v) is 5.30. The summed E-state index contributed by atoms with van der Waals surface area (Å²) in [5, 5.41) is -0.0615. The van der Waals surface area contributed by atoms with Gasteiger partial charge in [0.2, 0.25) is 5.91 Å². The number of nitrogens with zero attached hydrogens (tertiary/aromatic N) is 2. The smallest absolute Gasteiger partial charge is 0.254 e. The molecule has 1 saturated heterocycles. The van der Waals surface area contributed by atoms with Crippen LogP contribution in [0, 0.1) is 0 Å². The Morgan fingerprint density at radius 3 is 2.60 bits per heavy atom. The number of carbonyl (C=O) groups is 2. The van der Waals surface area contributed by atoms with Crippen molar-refractivity contribution in [3.8, 4) is 0 Å². The number of fused-ring (bicyclic) bond motifs is 1. The summed E-state index contributed by atoms with van der Waals surface area (Å²) in [4.78, 5) is 29.1. The highest BCUT2D eigenvalue weighted by atomic mass is 32.2. The monoisotopic (exact) mass is 418 g/mol. The lowest BCUT2D eigenvalue weighted by molar-refractivity contribution is -0.128. The second-order valence-electron chi connectivity index (χ2n) is 7.63. The van der Waals surface area contributed by atoms with Crippen molar-refractivity contribution in [3.63, 3.8) is 0 Å². The van der Waals surface area contributed by atoms with Crippen molar-refractivity contribution in [1.82, 2.24) is 9.80 Å². The van der Waals surface area contributed by atoms with E-state index in [4.69, 9.17) is 4.42 Å². The molecular formula is C24H22N2O3S. The summed E-state index contributed by atoms with van der Waals surface area (Å²) >= 11 is 1.61. The summed E-state index contributed by atoms with van der Waals surface area (Å²) in [6.07, 6.45) is 2.51. The fourth-order valence-electron chi connectivity index (χ4n) is 4.11. The summed E-state index contributed by atoms with van der Waals surface area (Å²) in [5.41, 5.74) is 4.27. The highest BCUT2D eigenvalue weighted by molar-refractivity contribution is 8.00. The van der Waals surface area contributed by atoms with E-state index in [0.717, 1.165) is 24.3 Å². The molecule has 0 aliphatic carbocycles. The van der Waals surface area contributed by atoms with Crippen LogP contribution in [0.1, 0.15) is 38.2 Å². The number of thioether (sulfide) groups is 1. The second kappa shape index (κ2) is 8.03. The predicted octanol–water partition coefficient (Wildman–Crippen LogP) is 4.25. The van der Waals surface area contributed by atoms with E-state index in [1.54, 1.807) is 18.0 Å². The van der Waals surface area contributed by atoms with Crippen LogP contribution in [0.2, 0.25) is 0 Å². The zero-order chi connectivity index (χ0) is 20.5. The van der Waals surface area contributed by atoms with Crippen LogP contribution >= 0.6 is 11.8 Å². The van der Waals surface area contributed by atoms with Gasteiger partial charge in [-0.1, -0.05) is 36.4 Å². The van der Waals surface area contributed by atoms with Crippen LogP contribution in [0.3, 0.4) is 0 Å². The molecule has 1 aromatic heterocycles. The van der Waals surface area contributed by atoms with E-state index in [0.29, 0.717) is 24.4 Å². The lowest BCUT2D eigenvalue weighted by atomic mass is 9.99. The van der Waals surface area contributed by atoms with Gasteiger partial charge in [0.25, 0.3) is 5.91 Å². The quantitative estimate of drug-likeness (QED) is 0.636. The minimum absolute atomic E-state index is 0.0543. The van der Waals surface area contributed by atoms with Gasteiger partial charge in [-0.3, -0.25) is 9.59 Å². The van der Waals surface area contributed by atoms with Crippen molar-refractivity contribution in [2.24, 2.45) is 0 Å². The standard InChI is InChI=1S/C24H22N2O3S/c27-22-16-30-24(26(22)15-21-6-3-13-29-21)19-9-7-18(8-10-19)23(28)25-12-11-17-4-1-2-5-20(17)14-25/h1-10,13,24H,11-12,14-16H2/t24-/m0/s1. The highest BCUT2D eigenvalue weighted by Gasteiger charge is 2.33. The molecule has 152 valence electrons. The van der Waals surface area contributed by atoms with Gasteiger partial charge in [-0.05, 0) is 47.4 Å². The number of carbonyl (C=O) groups excluding carboxylic acids is 2. The maximum Gasteiger partial charge on any atom is 0.254 e. The Hall–Kier alpha value is -2.99. The molecule has 5 nitrogen and oxygen atoms in total. The molecule has 2 aromatic carbocycles. The van der Waals surface area contributed by atoms with Crippen molar-refractivity contribution < 1.29 is 14.0 Å². The average Bonchev–Trinajstić information content (AvgIpc) is 3.43. The SMILES string of the molecule is O=C(c1ccc([C@@H]2SCC(=O)N2Cc2ccco2)cc1)N1CCc2ccccc2C1. The number of rotatable bonds is 4. The maximum atomic E-state index is 13.0. The van der Waals surface area contributed by atoms with Gasteiger partial charge in [-0.15, -0.1) is 11.8 Å². The van der Waals surface area contributed by atoms with Gasteiger partial charge >= 0.3 is 0 Å². The number of hydrogen-bond donors (Lipinski definition) is 0. The molecule has 3 aromatic rings. The van der Waals surface area contributed by atoms with Crippen LogP contribution in [0.5, 0.6) is 0 Å². The summed E-state index contributed by atoms with van der Waals surface area (Å²) in [6.45, 7) is 1.85. The highest BCUT2D eigenvalue weighted by Crippen LogP contribution is 2.39. The van der Waals surface area contributed by atoms with Crippen molar-refractivity contribution in [3.05, 3.63) is 94.9 Å². The van der Waals surface area contributed by atoms with Gasteiger partial charge in [0.1, 0.15) is 11.1 Å². The molecule has 0 N–H and O–H groups in total. The molecule has 0 bridgehead atoms. The lowest BCUT2D eigenvalue weighted by Crippen LogP contribution is -2.35. The summed E-state index contributed by atoms with van der Waals surface area (Å²) in [5.74, 6) is 1.39. The third-order valence-electron chi connectivity index (χ3n) is 5.74. The van der Waals surface area contributed by atoms with Gasteiger partial charge < -0.3 is 14.2 Å². The van der Waals surface area contributed by atoms with Gasteiger partial charge in [0, 0.05) is 18.7 Å². The first-order valence-electron chi connectivity index (χ1n) is 10.1. The van der Waals surface area contributed by atoms with E-state index < -0.39 is 0 Å². The molecule has 0 spiro atoms. The van der Waals surface area contributed by atoms with E-state index in [1.807, 2.05) is 52.3 Å².